The predicted molar refractivity (Wildman–Crippen MR) is 77.0 cm³/mol. The van der Waals surface area contributed by atoms with Gasteiger partial charge in [-0.05, 0) is 43.5 Å². The fraction of sp³-hybridized carbons (Fsp3) is 0.533. The van der Waals surface area contributed by atoms with E-state index in [1.54, 1.807) is 21.0 Å². The number of methoxy groups -OCH3 is 1. The van der Waals surface area contributed by atoms with Gasteiger partial charge in [-0.3, -0.25) is 4.79 Å². The van der Waals surface area contributed by atoms with Crippen LogP contribution in [0.15, 0.2) is 18.2 Å². The SMILES string of the molecule is COc1ccc(NCC(C)(C)C(=O)O)cc1C(C)C. The highest BCUT2D eigenvalue weighted by atomic mass is 16.5. The quantitative estimate of drug-likeness (QED) is 0.828. The summed E-state index contributed by atoms with van der Waals surface area (Å²) in [6.07, 6.45) is 0. The van der Waals surface area contributed by atoms with Crippen molar-refractivity contribution in [1.29, 1.82) is 0 Å². The van der Waals surface area contributed by atoms with Crippen molar-refractivity contribution in [3.8, 4) is 5.75 Å². The van der Waals surface area contributed by atoms with Crippen LogP contribution in [0.2, 0.25) is 0 Å². The molecule has 0 aliphatic carbocycles. The van der Waals surface area contributed by atoms with Crippen LogP contribution in [-0.2, 0) is 4.79 Å². The molecule has 0 saturated carbocycles. The van der Waals surface area contributed by atoms with Crippen molar-refractivity contribution < 1.29 is 14.6 Å². The van der Waals surface area contributed by atoms with Crippen molar-refractivity contribution in [3.63, 3.8) is 0 Å². The average molecular weight is 265 g/mol. The number of ether oxygens (including phenoxy) is 1. The molecule has 0 unspecified atom stereocenters. The standard InChI is InChI=1S/C15H23NO3/c1-10(2)12-8-11(6-7-13(12)19-5)16-9-15(3,4)14(17)18/h6-8,10,16H,9H2,1-5H3,(H,17,18). The number of rotatable bonds is 6. The highest BCUT2D eigenvalue weighted by Crippen LogP contribution is 2.29. The molecule has 1 rings (SSSR count). The highest BCUT2D eigenvalue weighted by Gasteiger charge is 2.26. The number of anilines is 1. The third kappa shape index (κ3) is 3.88. The lowest BCUT2D eigenvalue weighted by Crippen LogP contribution is -2.31. The van der Waals surface area contributed by atoms with Crippen molar-refractivity contribution in [2.24, 2.45) is 5.41 Å². The first kappa shape index (κ1) is 15.3. The molecule has 0 saturated heterocycles. The highest BCUT2D eigenvalue weighted by molar-refractivity contribution is 5.74. The van der Waals surface area contributed by atoms with Crippen LogP contribution in [0.3, 0.4) is 0 Å². The summed E-state index contributed by atoms with van der Waals surface area (Å²) in [7, 11) is 1.65. The molecule has 4 nitrogen and oxygen atoms in total. The third-order valence-electron chi connectivity index (χ3n) is 3.17. The van der Waals surface area contributed by atoms with Gasteiger partial charge in [0, 0.05) is 12.2 Å². The van der Waals surface area contributed by atoms with Gasteiger partial charge in [0.1, 0.15) is 5.75 Å². The van der Waals surface area contributed by atoms with Crippen molar-refractivity contribution in [2.45, 2.75) is 33.6 Å². The van der Waals surface area contributed by atoms with Gasteiger partial charge in [-0.1, -0.05) is 13.8 Å². The molecule has 0 heterocycles. The van der Waals surface area contributed by atoms with Crippen LogP contribution in [-0.4, -0.2) is 24.7 Å². The monoisotopic (exact) mass is 265 g/mol. The second kappa shape index (κ2) is 5.95. The summed E-state index contributed by atoms with van der Waals surface area (Å²) in [5, 5.41) is 12.3. The van der Waals surface area contributed by atoms with E-state index in [-0.39, 0.29) is 0 Å². The van der Waals surface area contributed by atoms with E-state index in [0.29, 0.717) is 12.5 Å². The van der Waals surface area contributed by atoms with E-state index in [9.17, 15) is 4.79 Å². The van der Waals surface area contributed by atoms with E-state index in [2.05, 4.69) is 19.2 Å². The van der Waals surface area contributed by atoms with E-state index in [4.69, 9.17) is 9.84 Å². The first-order valence-corrected chi connectivity index (χ1v) is 6.43. The first-order valence-electron chi connectivity index (χ1n) is 6.43. The van der Waals surface area contributed by atoms with E-state index in [1.807, 2.05) is 18.2 Å². The van der Waals surface area contributed by atoms with Crippen molar-refractivity contribution in [1.82, 2.24) is 0 Å². The fourth-order valence-electron chi connectivity index (χ4n) is 1.69. The molecule has 19 heavy (non-hydrogen) atoms. The van der Waals surface area contributed by atoms with Gasteiger partial charge in [0.2, 0.25) is 0 Å². The summed E-state index contributed by atoms with van der Waals surface area (Å²) in [5.74, 6) is 0.403. The number of benzene rings is 1. The molecule has 2 N–H and O–H groups in total. The zero-order chi connectivity index (χ0) is 14.6. The summed E-state index contributed by atoms with van der Waals surface area (Å²) in [6.45, 7) is 7.99. The number of carboxylic acids is 1. The van der Waals surface area contributed by atoms with Crippen LogP contribution in [0, 0.1) is 5.41 Å². The Balaban J connectivity index is 2.86. The van der Waals surface area contributed by atoms with Gasteiger partial charge in [0.05, 0.1) is 12.5 Å². The molecule has 0 radical (unpaired) electrons. The predicted octanol–water partition coefficient (Wildman–Crippen LogP) is 3.34. The fourth-order valence-corrected chi connectivity index (χ4v) is 1.69. The van der Waals surface area contributed by atoms with Crippen molar-refractivity contribution in [2.75, 3.05) is 19.0 Å². The maximum absolute atomic E-state index is 11.1. The Morgan fingerprint density at radius 3 is 2.53 bits per heavy atom. The minimum Gasteiger partial charge on any atom is -0.496 e. The van der Waals surface area contributed by atoms with Gasteiger partial charge in [0.25, 0.3) is 0 Å². The van der Waals surface area contributed by atoms with Gasteiger partial charge in [-0.15, -0.1) is 0 Å². The molecular weight excluding hydrogens is 242 g/mol. The summed E-state index contributed by atoms with van der Waals surface area (Å²) in [5.41, 5.74) is 1.23. The normalized spacial score (nSPS) is 11.5. The number of nitrogens with one attached hydrogen (secondary N) is 1. The Labute approximate surface area is 114 Å². The Morgan fingerprint density at radius 1 is 1.42 bits per heavy atom. The number of hydrogen-bond donors (Lipinski definition) is 2. The van der Waals surface area contributed by atoms with E-state index in [0.717, 1.165) is 17.0 Å². The molecule has 0 fully saturated rings. The van der Waals surface area contributed by atoms with Crippen LogP contribution in [0.5, 0.6) is 5.75 Å². The Morgan fingerprint density at radius 2 is 2.05 bits per heavy atom. The number of carbonyl (C=O) groups is 1. The van der Waals surface area contributed by atoms with Gasteiger partial charge in [-0.2, -0.15) is 0 Å². The van der Waals surface area contributed by atoms with Crippen LogP contribution >= 0.6 is 0 Å². The summed E-state index contributed by atoms with van der Waals surface area (Å²) < 4.78 is 5.32. The maximum atomic E-state index is 11.1. The number of hydrogen-bond acceptors (Lipinski definition) is 3. The summed E-state index contributed by atoms with van der Waals surface area (Å²) in [4.78, 5) is 11.1. The molecule has 0 aliphatic heterocycles. The second-order valence-corrected chi connectivity index (χ2v) is 5.65. The maximum Gasteiger partial charge on any atom is 0.310 e. The zero-order valence-electron chi connectivity index (χ0n) is 12.3. The average Bonchev–Trinajstić information content (AvgIpc) is 2.35. The molecule has 4 heteroatoms. The molecule has 106 valence electrons. The lowest BCUT2D eigenvalue weighted by atomic mass is 9.93. The molecule has 0 amide bonds. The minimum atomic E-state index is -0.808. The van der Waals surface area contributed by atoms with Gasteiger partial charge >= 0.3 is 5.97 Å². The lowest BCUT2D eigenvalue weighted by molar-refractivity contribution is -0.146. The molecule has 0 aliphatic rings. The topological polar surface area (TPSA) is 58.6 Å². The van der Waals surface area contributed by atoms with Gasteiger partial charge < -0.3 is 15.2 Å². The van der Waals surface area contributed by atoms with Gasteiger partial charge in [-0.25, -0.2) is 0 Å². The van der Waals surface area contributed by atoms with E-state index < -0.39 is 11.4 Å². The smallest absolute Gasteiger partial charge is 0.310 e. The molecule has 1 aromatic carbocycles. The van der Waals surface area contributed by atoms with Crippen LogP contribution in [0.1, 0.15) is 39.2 Å². The number of aliphatic carboxylic acids is 1. The van der Waals surface area contributed by atoms with Crippen LogP contribution in [0.4, 0.5) is 5.69 Å². The number of carboxylic acid groups (broad SMARTS) is 1. The lowest BCUT2D eigenvalue weighted by Gasteiger charge is -2.21. The largest absolute Gasteiger partial charge is 0.496 e. The van der Waals surface area contributed by atoms with Gasteiger partial charge in [0.15, 0.2) is 0 Å². The third-order valence-corrected chi connectivity index (χ3v) is 3.17. The molecule has 0 spiro atoms. The molecule has 1 aromatic rings. The van der Waals surface area contributed by atoms with Crippen molar-refractivity contribution >= 4 is 11.7 Å². The first-order chi connectivity index (χ1) is 8.77. The summed E-state index contributed by atoms with van der Waals surface area (Å²) >= 11 is 0. The Hall–Kier alpha value is -1.71. The second-order valence-electron chi connectivity index (χ2n) is 5.65. The van der Waals surface area contributed by atoms with Crippen LogP contribution < -0.4 is 10.1 Å². The molecular formula is C15H23NO3. The Bertz CT molecular complexity index is 453. The molecule has 0 atom stereocenters. The van der Waals surface area contributed by atoms with Crippen LogP contribution in [0.25, 0.3) is 0 Å². The molecule has 0 bridgehead atoms. The van der Waals surface area contributed by atoms with E-state index >= 15 is 0 Å². The zero-order valence-corrected chi connectivity index (χ0v) is 12.3. The minimum absolute atomic E-state index is 0.351. The van der Waals surface area contributed by atoms with Crippen molar-refractivity contribution in [3.05, 3.63) is 23.8 Å². The Kier molecular flexibility index (Phi) is 4.81. The summed E-state index contributed by atoms with van der Waals surface area (Å²) in [6, 6.07) is 5.83. The van der Waals surface area contributed by atoms with E-state index in [1.165, 1.54) is 0 Å². The molecule has 0 aromatic heterocycles.